The van der Waals surface area contributed by atoms with Gasteiger partial charge in [-0.15, -0.1) is 21.5 Å². The van der Waals surface area contributed by atoms with E-state index in [0.29, 0.717) is 17.5 Å². The Hall–Kier alpha value is -3.62. The molecule has 0 amide bonds. The summed E-state index contributed by atoms with van der Waals surface area (Å²) in [5.74, 6) is 2.61. The number of rotatable bonds is 6. The molecule has 2 aromatic carbocycles. The summed E-state index contributed by atoms with van der Waals surface area (Å²) in [7, 11) is 0. The number of hydrogen-bond acceptors (Lipinski definition) is 7. The molecule has 6 rings (SSSR count). The summed E-state index contributed by atoms with van der Waals surface area (Å²) >= 11 is 1.64. The molecular weight excluding hydrogens is 446 g/mol. The second kappa shape index (κ2) is 9.32. The fraction of sp³-hybridized carbons (Fsp3) is 0.231. The van der Waals surface area contributed by atoms with Crippen LogP contribution in [0.2, 0.25) is 0 Å². The molecule has 4 heterocycles. The molecule has 0 spiro atoms. The van der Waals surface area contributed by atoms with Crippen molar-refractivity contribution in [2.75, 3.05) is 13.1 Å². The molecule has 0 unspecified atom stereocenters. The van der Waals surface area contributed by atoms with Gasteiger partial charge in [-0.05, 0) is 49.1 Å². The van der Waals surface area contributed by atoms with E-state index in [9.17, 15) is 0 Å². The fourth-order valence-electron chi connectivity index (χ4n) is 4.46. The summed E-state index contributed by atoms with van der Waals surface area (Å²) in [6.07, 6.45) is 5.18. The third-order valence-corrected chi connectivity index (χ3v) is 7.05. The Morgan fingerprint density at radius 3 is 2.50 bits per heavy atom. The quantitative estimate of drug-likeness (QED) is 0.385. The number of hydrogen-bond donors (Lipinski definition) is 1. The van der Waals surface area contributed by atoms with E-state index in [4.69, 9.17) is 19.1 Å². The van der Waals surface area contributed by atoms with E-state index in [0.717, 1.165) is 39.3 Å². The molecule has 7 nitrogen and oxygen atoms in total. The lowest BCUT2D eigenvalue weighted by Crippen LogP contribution is -3.11. The highest BCUT2D eigenvalue weighted by molar-refractivity contribution is 7.17. The fourth-order valence-corrected chi connectivity index (χ4v) is 5.42. The van der Waals surface area contributed by atoms with Crippen LogP contribution in [-0.2, 0) is 6.54 Å². The monoisotopic (exact) mass is 470 g/mol. The molecule has 0 radical (unpaired) electrons. The minimum absolute atomic E-state index is 0.479. The van der Waals surface area contributed by atoms with Crippen LogP contribution in [0.3, 0.4) is 0 Å². The predicted octanol–water partition coefficient (Wildman–Crippen LogP) is 4.77. The lowest BCUT2D eigenvalue weighted by Gasteiger charge is -2.22. The Morgan fingerprint density at radius 2 is 1.74 bits per heavy atom. The average molecular weight is 471 g/mol. The van der Waals surface area contributed by atoms with Crippen LogP contribution >= 0.6 is 11.3 Å². The van der Waals surface area contributed by atoms with E-state index in [1.54, 1.807) is 16.2 Å². The maximum atomic E-state index is 6.39. The van der Waals surface area contributed by atoms with E-state index >= 15 is 0 Å². The normalized spacial score (nSPS) is 14.5. The zero-order valence-corrected chi connectivity index (χ0v) is 19.4. The van der Waals surface area contributed by atoms with Gasteiger partial charge in [-0.3, -0.25) is 0 Å². The molecular formula is C26H24N5O2S+. The molecule has 34 heavy (non-hydrogen) atoms. The number of likely N-dealkylation sites (tertiary alicyclic amines) is 1. The van der Waals surface area contributed by atoms with Gasteiger partial charge in [0.25, 0.3) is 0 Å². The zero-order valence-electron chi connectivity index (χ0n) is 18.6. The van der Waals surface area contributed by atoms with E-state index in [-0.39, 0.29) is 0 Å². The van der Waals surface area contributed by atoms with Crippen molar-refractivity contribution >= 4 is 21.6 Å². The van der Waals surface area contributed by atoms with Crippen LogP contribution < -0.4 is 9.64 Å². The van der Waals surface area contributed by atoms with Crippen molar-refractivity contribution in [3.05, 3.63) is 72.2 Å². The number of fused-ring (bicyclic) bond motifs is 1. The van der Waals surface area contributed by atoms with Crippen molar-refractivity contribution in [1.29, 1.82) is 0 Å². The van der Waals surface area contributed by atoms with Gasteiger partial charge in [0.2, 0.25) is 18.2 Å². The number of benzene rings is 2. The maximum Gasteiger partial charge on any atom is 0.247 e. The van der Waals surface area contributed by atoms with E-state index in [2.05, 4.69) is 27.7 Å². The summed E-state index contributed by atoms with van der Waals surface area (Å²) < 4.78 is 11.7. The Balaban J connectivity index is 1.38. The number of ether oxygens (including phenoxy) is 1. The Morgan fingerprint density at radius 1 is 0.912 bits per heavy atom. The van der Waals surface area contributed by atoms with Crippen LogP contribution in [0.15, 0.2) is 70.8 Å². The van der Waals surface area contributed by atoms with Crippen LogP contribution in [0.1, 0.15) is 25.1 Å². The number of thiophene rings is 1. The Kier molecular flexibility index (Phi) is 5.74. The van der Waals surface area contributed by atoms with Crippen LogP contribution in [0.4, 0.5) is 0 Å². The molecule has 3 aromatic heterocycles. The van der Waals surface area contributed by atoms with Gasteiger partial charge in [0.1, 0.15) is 17.1 Å². The summed E-state index contributed by atoms with van der Waals surface area (Å²) in [4.78, 5) is 12.4. The first-order valence-electron chi connectivity index (χ1n) is 11.5. The molecule has 5 aromatic rings. The topological polar surface area (TPSA) is 78.4 Å². The molecule has 0 atom stereocenters. The molecule has 8 heteroatoms. The van der Waals surface area contributed by atoms with E-state index in [1.807, 2.05) is 42.5 Å². The van der Waals surface area contributed by atoms with Crippen LogP contribution in [-0.4, -0.2) is 33.3 Å². The predicted molar refractivity (Wildman–Crippen MR) is 131 cm³/mol. The Bertz CT molecular complexity index is 1380. The van der Waals surface area contributed by atoms with Gasteiger partial charge in [0.05, 0.1) is 18.5 Å². The van der Waals surface area contributed by atoms with Crippen LogP contribution in [0.5, 0.6) is 11.6 Å². The first-order valence-corrected chi connectivity index (χ1v) is 12.4. The maximum absolute atomic E-state index is 6.39. The van der Waals surface area contributed by atoms with Gasteiger partial charge in [0.15, 0.2) is 5.82 Å². The molecule has 1 N–H and O–H groups in total. The van der Waals surface area contributed by atoms with Crippen molar-refractivity contribution in [3.63, 3.8) is 0 Å². The highest BCUT2D eigenvalue weighted by atomic mass is 32.1. The van der Waals surface area contributed by atoms with Gasteiger partial charge in [-0.25, -0.2) is 4.98 Å². The Labute approximate surface area is 201 Å². The van der Waals surface area contributed by atoms with Crippen molar-refractivity contribution in [1.82, 2.24) is 20.2 Å². The highest BCUT2D eigenvalue weighted by Crippen LogP contribution is 2.39. The summed E-state index contributed by atoms with van der Waals surface area (Å²) in [5, 5.41) is 10.8. The lowest BCUT2D eigenvalue weighted by atomic mass is 10.1. The molecule has 0 bridgehead atoms. The van der Waals surface area contributed by atoms with Crippen LogP contribution in [0.25, 0.3) is 32.8 Å². The molecule has 1 aliphatic heterocycles. The number of nitrogens with zero attached hydrogens (tertiary/aromatic N) is 4. The van der Waals surface area contributed by atoms with Gasteiger partial charge < -0.3 is 14.1 Å². The minimum atomic E-state index is 0.479. The third kappa shape index (κ3) is 4.30. The summed E-state index contributed by atoms with van der Waals surface area (Å²) in [5.41, 5.74) is 3.06. The van der Waals surface area contributed by atoms with E-state index < -0.39 is 0 Å². The zero-order chi connectivity index (χ0) is 22.7. The summed E-state index contributed by atoms with van der Waals surface area (Å²) in [6.45, 7) is 3.17. The first kappa shape index (κ1) is 20.9. The molecule has 0 aliphatic carbocycles. The number of nitrogens with one attached hydrogen (secondary N) is 1. The summed E-state index contributed by atoms with van der Waals surface area (Å²) in [6, 6.07) is 17.9. The first-order chi connectivity index (χ1) is 16.8. The molecule has 0 saturated carbocycles. The molecule has 1 fully saturated rings. The lowest BCUT2D eigenvalue weighted by molar-refractivity contribution is -0.919. The number of piperidine rings is 1. The van der Waals surface area contributed by atoms with Gasteiger partial charge >= 0.3 is 0 Å². The average Bonchev–Trinajstić information content (AvgIpc) is 3.57. The smallest absolute Gasteiger partial charge is 0.247 e. The van der Waals surface area contributed by atoms with Crippen molar-refractivity contribution in [2.45, 2.75) is 25.8 Å². The number of quaternary nitrogens is 1. The standard InChI is InChI=1S/C26H23N5O2S/c1-3-7-18(8-4-1)21-16-34-26-23(21)25(28-22(29-26)15-31-13-5-2-6-14-31)33-20-11-9-19(10-12-20)24-30-27-17-32-24/h1,3-4,7-12,16-17H,2,5-6,13-15H2/p+1. The SMILES string of the molecule is c1ccc(-c2csc3nc(C[NH+]4CCCCC4)nc(Oc4ccc(-c5nnco5)cc4)c23)cc1. The van der Waals surface area contributed by atoms with Crippen molar-refractivity contribution in [3.8, 4) is 34.2 Å². The van der Waals surface area contributed by atoms with Gasteiger partial charge in [-0.1, -0.05) is 30.3 Å². The van der Waals surface area contributed by atoms with Crippen molar-refractivity contribution < 1.29 is 14.1 Å². The van der Waals surface area contributed by atoms with Crippen LogP contribution in [0, 0.1) is 0 Å². The molecule has 1 aliphatic rings. The second-order valence-corrected chi connectivity index (χ2v) is 9.36. The number of aromatic nitrogens is 4. The van der Waals surface area contributed by atoms with Gasteiger partial charge in [0, 0.05) is 16.5 Å². The molecule has 1 saturated heterocycles. The van der Waals surface area contributed by atoms with Gasteiger partial charge in [-0.2, -0.15) is 4.98 Å². The van der Waals surface area contributed by atoms with Crippen molar-refractivity contribution in [2.24, 2.45) is 0 Å². The molecule has 170 valence electrons. The minimum Gasteiger partial charge on any atom is -0.438 e. The largest absolute Gasteiger partial charge is 0.438 e. The highest BCUT2D eigenvalue weighted by Gasteiger charge is 2.21. The van der Waals surface area contributed by atoms with E-state index in [1.165, 1.54) is 38.7 Å². The third-order valence-electron chi connectivity index (χ3n) is 6.18. The second-order valence-electron chi connectivity index (χ2n) is 8.50.